The predicted octanol–water partition coefficient (Wildman–Crippen LogP) is 1.63. The van der Waals surface area contributed by atoms with E-state index in [0.717, 1.165) is 0 Å². The van der Waals surface area contributed by atoms with Gasteiger partial charge in [-0.15, -0.1) is 0 Å². The van der Waals surface area contributed by atoms with Crippen molar-refractivity contribution in [3.05, 3.63) is 18.2 Å². The van der Waals surface area contributed by atoms with Gasteiger partial charge in [0.15, 0.2) is 0 Å². The standard InChI is InChI=1S/C13H20N2O3/c1-8(2)12(14)13(16)15-10-7-9(17-3)5-6-11(10)18-4/h5-8,12H,14H2,1-4H3,(H,15,16). The van der Waals surface area contributed by atoms with Gasteiger partial charge < -0.3 is 20.5 Å². The van der Waals surface area contributed by atoms with E-state index in [1.54, 1.807) is 32.4 Å². The van der Waals surface area contributed by atoms with Crippen LogP contribution in [0.25, 0.3) is 0 Å². The van der Waals surface area contributed by atoms with Crippen molar-refractivity contribution in [2.75, 3.05) is 19.5 Å². The minimum Gasteiger partial charge on any atom is -0.497 e. The molecule has 1 rings (SSSR count). The lowest BCUT2D eigenvalue weighted by molar-refractivity contribution is -0.118. The molecule has 0 heterocycles. The van der Waals surface area contributed by atoms with Crippen LogP contribution in [0.15, 0.2) is 18.2 Å². The van der Waals surface area contributed by atoms with Gasteiger partial charge in [0.1, 0.15) is 11.5 Å². The number of anilines is 1. The maximum absolute atomic E-state index is 11.9. The summed E-state index contributed by atoms with van der Waals surface area (Å²) in [4.78, 5) is 11.9. The maximum Gasteiger partial charge on any atom is 0.241 e. The van der Waals surface area contributed by atoms with E-state index in [1.165, 1.54) is 0 Å². The average Bonchev–Trinajstić information content (AvgIpc) is 2.37. The van der Waals surface area contributed by atoms with Gasteiger partial charge in [-0.1, -0.05) is 13.8 Å². The quantitative estimate of drug-likeness (QED) is 0.835. The first-order valence-electron chi connectivity index (χ1n) is 5.78. The van der Waals surface area contributed by atoms with Gasteiger partial charge in [-0.25, -0.2) is 0 Å². The number of amides is 1. The summed E-state index contributed by atoms with van der Waals surface area (Å²) in [7, 11) is 3.10. The van der Waals surface area contributed by atoms with Gasteiger partial charge in [0.2, 0.25) is 5.91 Å². The van der Waals surface area contributed by atoms with Gasteiger partial charge >= 0.3 is 0 Å². The molecule has 0 saturated carbocycles. The van der Waals surface area contributed by atoms with E-state index < -0.39 is 6.04 Å². The Bertz CT molecular complexity index is 419. The molecule has 0 radical (unpaired) electrons. The van der Waals surface area contributed by atoms with Crippen molar-refractivity contribution in [1.82, 2.24) is 0 Å². The summed E-state index contributed by atoms with van der Waals surface area (Å²) in [6, 6.07) is 4.64. The minimum atomic E-state index is -0.555. The van der Waals surface area contributed by atoms with Crippen molar-refractivity contribution in [2.45, 2.75) is 19.9 Å². The van der Waals surface area contributed by atoms with Crippen LogP contribution in [0, 0.1) is 5.92 Å². The molecule has 0 spiro atoms. The normalized spacial score (nSPS) is 12.1. The monoisotopic (exact) mass is 252 g/mol. The molecule has 1 aromatic rings. The molecule has 0 fully saturated rings. The molecule has 0 aliphatic rings. The fourth-order valence-corrected chi connectivity index (χ4v) is 1.43. The van der Waals surface area contributed by atoms with Gasteiger partial charge in [0, 0.05) is 6.07 Å². The van der Waals surface area contributed by atoms with Crippen LogP contribution in [0.3, 0.4) is 0 Å². The Kier molecular flexibility index (Phi) is 4.97. The highest BCUT2D eigenvalue weighted by molar-refractivity contribution is 5.96. The molecule has 0 aromatic heterocycles. The number of hydrogen-bond donors (Lipinski definition) is 2. The van der Waals surface area contributed by atoms with E-state index >= 15 is 0 Å². The molecule has 0 aliphatic heterocycles. The van der Waals surface area contributed by atoms with Crippen molar-refractivity contribution in [3.8, 4) is 11.5 Å². The van der Waals surface area contributed by atoms with E-state index in [9.17, 15) is 4.79 Å². The van der Waals surface area contributed by atoms with Crippen molar-refractivity contribution in [3.63, 3.8) is 0 Å². The van der Waals surface area contributed by atoms with E-state index in [4.69, 9.17) is 15.2 Å². The number of ether oxygens (including phenoxy) is 2. The Morgan fingerprint density at radius 3 is 2.44 bits per heavy atom. The second-order valence-corrected chi connectivity index (χ2v) is 4.33. The van der Waals surface area contributed by atoms with Gasteiger partial charge in [-0.3, -0.25) is 4.79 Å². The van der Waals surface area contributed by atoms with Gasteiger partial charge in [0.05, 0.1) is 25.9 Å². The van der Waals surface area contributed by atoms with Crippen molar-refractivity contribution in [2.24, 2.45) is 11.7 Å². The molecule has 1 atom stereocenters. The minimum absolute atomic E-state index is 0.0709. The van der Waals surface area contributed by atoms with Gasteiger partial charge in [-0.2, -0.15) is 0 Å². The number of rotatable bonds is 5. The number of hydrogen-bond acceptors (Lipinski definition) is 4. The molecular formula is C13H20N2O3. The molecule has 0 bridgehead atoms. The average molecular weight is 252 g/mol. The second-order valence-electron chi connectivity index (χ2n) is 4.33. The fraction of sp³-hybridized carbons (Fsp3) is 0.462. The number of benzene rings is 1. The first-order chi connectivity index (χ1) is 8.49. The van der Waals surface area contributed by atoms with E-state index in [-0.39, 0.29) is 11.8 Å². The summed E-state index contributed by atoms with van der Waals surface area (Å²) in [5.74, 6) is 1.04. The SMILES string of the molecule is COc1ccc(OC)c(NC(=O)C(N)C(C)C)c1. The number of nitrogens with one attached hydrogen (secondary N) is 1. The molecular weight excluding hydrogens is 232 g/mol. The van der Waals surface area contributed by atoms with Crippen LogP contribution in [-0.2, 0) is 4.79 Å². The van der Waals surface area contributed by atoms with Gasteiger partial charge in [-0.05, 0) is 18.1 Å². The molecule has 1 aromatic carbocycles. The summed E-state index contributed by atoms with van der Waals surface area (Å²) < 4.78 is 10.3. The van der Waals surface area contributed by atoms with Crippen LogP contribution < -0.4 is 20.5 Å². The molecule has 0 aliphatic carbocycles. The zero-order chi connectivity index (χ0) is 13.7. The first kappa shape index (κ1) is 14.3. The smallest absolute Gasteiger partial charge is 0.241 e. The van der Waals surface area contributed by atoms with E-state index in [0.29, 0.717) is 17.2 Å². The lowest BCUT2D eigenvalue weighted by Crippen LogP contribution is -2.39. The molecule has 1 amide bonds. The topological polar surface area (TPSA) is 73.6 Å². The third-order valence-electron chi connectivity index (χ3n) is 2.69. The molecule has 0 saturated heterocycles. The lowest BCUT2D eigenvalue weighted by Gasteiger charge is -2.17. The Balaban J connectivity index is 2.91. The second kappa shape index (κ2) is 6.26. The predicted molar refractivity (Wildman–Crippen MR) is 71.0 cm³/mol. The zero-order valence-electron chi connectivity index (χ0n) is 11.2. The zero-order valence-corrected chi connectivity index (χ0v) is 11.2. The van der Waals surface area contributed by atoms with Crippen LogP contribution in [0.4, 0.5) is 5.69 Å². The number of methoxy groups -OCH3 is 2. The maximum atomic E-state index is 11.9. The molecule has 5 nitrogen and oxygen atoms in total. The van der Waals surface area contributed by atoms with E-state index in [1.807, 2.05) is 13.8 Å². The Hall–Kier alpha value is -1.75. The van der Waals surface area contributed by atoms with Crippen LogP contribution in [0.2, 0.25) is 0 Å². The Morgan fingerprint density at radius 1 is 1.28 bits per heavy atom. The highest BCUT2D eigenvalue weighted by Crippen LogP contribution is 2.29. The highest BCUT2D eigenvalue weighted by atomic mass is 16.5. The third kappa shape index (κ3) is 3.37. The Labute approximate surface area is 107 Å². The molecule has 18 heavy (non-hydrogen) atoms. The molecule has 3 N–H and O–H groups in total. The summed E-state index contributed by atoms with van der Waals surface area (Å²) in [5, 5.41) is 2.75. The van der Waals surface area contributed by atoms with E-state index in [2.05, 4.69) is 5.32 Å². The summed E-state index contributed by atoms with van der Waals surface area (Å²) >= 11 is 0. The van der Waals surface area contributed by atoms with Crippen LogP contribution in [0.1, 0.15) is 13.8 Å². The Morgan fingerprint density at radius 2 is 1.94 bits per heavy atom. The van der Waals surface area contributed by atoms with Crippen LogP contribution in [-0.4, -0.2) is 26.2 Å². The molecule has 5 heteroatoms. The van der Waals surface area contributed by atoms with Crippen molar-refractivity contribution >= 4 is 11.6 Å². The number of nitrogens with two attached hydrogens (primary N) is 1. The van der Waals surface area contributed by atoms with Crippen molar-refractivity contribution < 1.29 is 14.3 Å². The number of carbonyl (C=O) groups is 1. The van der Waals surface area contributed by atoms with Crippen LogP contribution in [0.5, 0.6) is 11.5 Å². The molecule has 1 unspecified atom stereocenters. The summed E-state index contributed by atoms with van der Waals surface area (Å²) in [5.41, 5.74) is 6.34. The van der Waals surface area contributed by atoms with Crippen LogP contribution >= 0.6 is 0 Å². The first-order valence-corrected chi connectivity index (χ1v) is 5.78. The third-order valence-corrected chi connectivity index (χ3v) is 2.69. The highest BCUT2D eigenvalue weighted by Gasteiger charge is 2.18. The largest absolute Gasteiger partial charge is 0.497 e. The number of carbonyl (C=O) groups excluding carboxylic acids is 1. The fourth-order valence-electron chi connectivity index (χ4n) is 1.43. The molecule has 100 valence electrons. The summed E-state index contributed by atoms with van der Waals surface area (Å²) in [6.45, 7) is 3.79. The van der Waals surface area contributed by atoms with Crippen molar-refractivity contribution in [1.29, 1.82) is 0 Å². The lowest BCUT2D eigenvalue weighted by atomic mass is 10.0. The van der Waals surface area contributed by atoms with Gasteiger partial charge in [0.25, 0.3) is 0 Å². The summed E-state index contributed by atoms with van der Waals surface area (Å²) in [6.07, 6.45) is 0.